The fourth-order valence-corrected chi connectivity index (χ4v) is 2.71. The Kier molecular flexibility index (Phi) is 6.05. The maximum absolute atomic E-state index is 5.76. The third-order valence-electron chi connectivity index (χ3n) is 4.43. The van der Waals surface area contributed by atoms with E-state index in [9.17, 15) is 0 Å². The van der Waals surface area contributed by atoms with Crippen LogP contribution in [0, 0.1) is 24.7 Å². The first kappa shape index (κ1) is 18.7. The molecule has 1 saturated carbocycles. The first-order chi connectivity index (χ1) is 13.7. The van der Waals surface area contributed by atoms with Crippen molar-refractivity contribution in [3.05, 3.63) is 47.2 Å². The minimum atomic E-state index is -0.0741. The zero-order valence-corrected chi connectivity index (χ0v) is 16.0. The van der Waals surface area contributed by atoms with E-state index in [1.165, 1.54) is 12.8 Å². The van der Waals surface area contributed by atoms with E-state index >= 15 is 0 Å². The summed E-state index contributed by atoms with van der Waals surface area (Å²) in [5, 5.41) is 0. The normalized spacial score (nSPS) is 18.8. The number of rotatable bonds is 6. The molecule has 146 valence electrons. The third kappa shape index (κ3) is 5.69. The van der Waals surface area contributed by atoms with Crippen molar-refractivity contribution < 1.29 is 18.9 Å². The molecule has 2 heterocycles. The van der Waals surface area contributed by atoms with Gasteiger partial charge < -0.3 is 18.9 Å². The van der Waals surface area contributed by atoms with Crippen molar-refractivity contribution in [1.82, 2.24) is 9.97 Å². The molecule has 2 aromatic rings. The SMILES string of the molecule is Cc1cc(OCC2COCCO2)nc(OCc2ccc(C#CC3CC3)cc2)n1. The lowest BCUT2D eigenvalue weighted by molar-refractivity contribution is -0.102. The van der Waals surface area contributed by atoms with Gasteiger partial charge in [-0.25, -0.2) is 4.98 Å². The average molecular weight is 380 g/mol. The number of aromatic nitrogens is 2. The highest BCUT2D eigenvalue weighted by Crippen LogP contribution is 2.27. The van der Waals surface area contributed by atoms with Gasteiger partial charge in [0.25, 0.3) is 0 Å². The molecule has 6 nitrogen and oxygen atoms in total. The lowest BCUT2D eigenvalue weighted by Crippen LogP contribution is -2.33. The Hall–Kier alpha value is -2.62. The molecule has 1 aromatic heterocycles. The van der Waals surface area contributed by atoms with Crippen molar-refractivity contribution in [2.24, 2.45) is 5.92 Å². The summed E-state index contributed by atoms with van der Waals surface area (Å²) in [6, 6.07) is 10.2. The molecule has 0 amide bonds. The molecular weight excluding hydrogens is 356 g/mol. The third-order valence-corrected chi connectivity index (χ3v) is 4.43. The summed E-state index contributed by atoms with van der Waals surface area (Å²) in [6.07, 6.45) is 2.40. The predicted molar refractivity (Wildman–Crippen MR) is 103 cm³/mol. The van der Waals surface area contributed by atoms with Crippen LogP contribution in [-0.4, -0.2) is 42.5 Å². The van der Waals surface area contributed by atoms with E-state index in [-0.39, 0.29) is 6.10 Å². The van der Waals surface area contributed by atoms with Crippen LogP contribution in [0.3, 0.4) is 0 Å². The first-order valence-electron chi connectivity index (χ1n) is 9.66. The van der Waals surface area contributed by atoms with Gasteiger partial charge in [-0.15, -0.1) is 0 Å². The molecule has 0 N–H and O–H groups in total. The summed E-state index contributed by atoms with van der Waals surface area (Å²) >= 11 is 0. The van der Waals surface area contributed by atoms with Gasteiger partial charge in [0.1, 0.15) is 19.3 Å². The highest BCUT2D eigenvalue weighted by Gasteiger charge is 2.18. The molecule has 0 radical (unpaired) electrons. The molecule has 1 aromatic carbocycles. The second-order valence-electron chi connectivity index (χ2n) is 7.04. The minimum Gasteiger partial charge on any atom is -0.475 e. The van der Waals surface area contributed by atoms with Crippen LogP contribution in [0.5, 0.6) is 11.9 Å². The van der Waals surface area contributed by atoms with Gasteiger partial charge >= 0.3 is 6.01 Å². The van der Waals surface area contributed by atoms with Crippen molar-refractivity contribution in [2.75, 3.05) is 26.4 Å². The molecule has 0 spiro atoms. The molecule has 28 heavy (non-hydrogen) atoms. The summed E-state index contributed by atoms with van der Waals surface area (Å²) in [4.78, 5) is 8.66. The summed E-state index contributed by atoms with van der Waals surface area (Å²) in [7, 11) is 0. The van der Waals surface area contributed by atoms with Gasteiger partial charge in [-0.05, 0) is 37.5 Å². The Morgan fingerprint density at radius 1 is 1.11 bits per heavy atom. The van der Waals surface area contributed by atoms with E-state index in [0.29, 0.717) is 50.8 Å². The fourth-order valence-electron chi connectivity index (χ4n) is 2.71. The summed E-state index contributed by atoms with van der Waals surface area (Å²) < 4.78 is 22.4. The van der Waals surface area contributed by atoms with Crippen molar-refractivity contribution in [2.45, 2.75) is 32.5 Å². The second kappa shape index (κ2) is 9.05. The second-order valence-corrected chi connectivity index (χ2v) is 7.04. The number of benzene rings is 1. The highest BCUT2D eigenvalue weighted by atomic mass is 16.6. The van der Waals surface area contributed by atoms with Crippen LogP contribution in [-0.2, 0) is 16.1 Å². The summed E-state index contributed by atoms with van der Waals surface area (Å²) in [5.74, 6) is 7.56. The van der Waals surface area contributed by atoms with E-state index in [4.69, 9.17) is 18.9 Å². The van der Waals surface area contributed by atoms with Crippen molar-refractivity contribution >= 4 is 0 Å². The topological polar surface area (TPSA) is 62.7 Å². The zero-order valence-electron chi connectivity index (χ0n) is 16.0. The molecule has 6 heteroatoms. The van der Waals surface area contributed by atoms with Crippen LogP contribution in [0.25, 0.3) is 0 Å². The average Bonchev–Trinajstić information content (AvgIpc) is 3.55. The number of nitrogens with zero attached hydrogens (tertiary/aromatic N) is 2. The number of hydrogen-bond donors (Lipinski definition) is 0. The molecule has 1 atom stereocenters. The molecule has 2 aliphatic rings. The van der Waals surface area contributed by atoms with E-state index in [1.54, 1.807) is 6.07 Å². The van der Waals surface area contributed by atoms with E-state index in [1.807, 2.05) is 31.2 Å². The Bertz CT molecular complexity index is 847. The van der Waals surface area contributed by atoms with Gasteiger partial charge in [-0.1, -0.05) is 24.0 Å². The molecule has 2 fully saturated rings. The minimum absolute atomic E-state index is 0.0741. The summed E-state index contributed by atoms with van der Waals surface area (Å²) in [6.45, 7) is 4.42. The Morgan fingerprint density at radius 3 is 2.71 bits per heavy atom. The molecule has 1 aliphatic heterocycles. The van der Waals surface area contributed by atoms with Crippen LogP contribution < -0.4 is 9.47 Å². The standard InChI is InChI=1S/C22H24N2O4/c1-16-12-21(27-15-20-14-25-10-11-26-20)24-22(23-16)28-13-19-8-6-18(7-9-19)5-4-17-2-3-17/h6-9,12,17,20H,2-3,10-11,13-15H2,1H3. The molecule has 0 bridgehead atoms. The Labute approximate surface area is 165 Å². The van der Waals surface area contributed by atoms with Crippen LogP contribution in [0.1, 0.15) is 29.7 Å². The van der Waals surface area contributed by atoms with Gasteiger partial charge in [0, 0.05) is 23.2 Å². The van der Waals surface area contributed by atoms with Gasteiger partial charge in [-0.2, -0.15) is 4.98 Å². The highest BCUT2D eigenvalue weighted by molar-refractivity contribution is 5.37. The van der Waals surface area contributed by atoms with Crippen LogP contribution >= 0.6 is 0 Å². The molecule has 1 aliphatic carbocycles. The number of aryl methyl sites for hydroxylation is 1. The van der Waals surface area contributed by atoms with Crippen molar-refractivity contribution in [3.63, 3.8) is 0 Å². The van der Waals surface area contributed by atoms with Gasteiger partial charge in [0.2, 0.25) is 5.88 Å². The monoisotopic (exact) mass is 380 g/mol. The number of ether oxygens (including phenoxy) is 4. The fraction of sp³-hybridized carbons (Fsp3) is 0.455. The van der Waals surface area contributed by atoms with Crippen LogP contribution in [0.15, 0.2) is 30.3 Å². The van der Waals surface area contributed by atoms with Crippen LogP contribution in [0.2, 0.25) is 0 Å². The van der Waals surface area contributed by atoms with Crippen molar-refractivity contribution in [1.29, 1.82) is 0 Å². The Morgan fingerprint density at radius 2 is 1.96 bits per heavy atom. The molecule has 1 saturated heterocycles. The lowest BCUT2D eigenvalue weighted by Gasteiger charge is -2.22. The summed E-state index contributed by atoms with van der Waals surface area (Å²) in [5.41, 5.74) is 2.86. The van der Waals surface area contributed by atoms with Crippen molar-refractivity contribution in [3.8, 4) is 23.7 Å². The van der Waals surface area contributed by atoms with Crippen LogP contribution in [0.4, 0.5) is 0 Å². The predicted octanol–water partition coefficient (Wildman–Crippen LogP) is 2.92. The quantitative estimate of drug-likeness (QED) is 0.718. The van der Waals surface area contributed by atoms with E-state index in [2.05, 4.69) is 21.8 Å². The number of hydrogen-bond acceptors (Lipinski definition) is 6. The lowest BCUT2D eigenvalue weighted by atomic mass is 10.1. The molecular formula is C22H24N2O4. The van der Waals surface area contributed by atoms with Gasteiger partial charge in [0.05, 0.1) is 19.8 Å². The Balaban J connectivity index is 1.31. The van der Waals surface area contributed by atoms with E-state index in [0.717, 1.165) is 16.8 Å². The largest absolute Gasteiger partial charge is 0.475 e. The smallest absolute Gasteiger partial charge is 0.320 e. The van der Waals surface area contributed by atoms with E-state index < -0.39 is 0 Å². The maximum atomic E-state index is 5.76. The molecule has 1 unspecified atom stereocenters. The molecule has 4 rings (SSSR count). The maximum Gasteiger partial charge on any atom is 0.320 e. The van der Waals surface area contributed by atoms with Gasteiger partial charge in [-0.3, -0.25) is 0 Å². The first-order valence-corrected chi connectivity index (χ1v) is 9.66. The zero-order chi connectivity index (χ0) is 19.2. The van der Waals surface area contributed by atoms with Gasteiger partial charge in [0.15, 0.2) is 0 Å².